The van der Waals surface area contributed by atoms with E-state index >= 15 is 0 Å². The number of hydrogen-bond acceptors (Lipinski definition) is 6. The molecule has 1 N–H and O–H groups in total. The van der Waals surface area contributed by atoms with E-state index in [2.05, 4.69) is 14.7 Å². The van der Waals surface area contributed by atoms with E-state index in [0.29, 0.717) is 18.1 Å². The average Bonchev–Trinajstić information content (AvgIpc) is 3.11. The van der Waals surface area contributed by atoms with E-state index in [1.165, 1.54) is 23.5 Å². The monoisotopic (exact) mass is 375 g/mol. The smallest absolute Gasteiger partial charge is 0.240 e. The van der Waals surface area contributed by atoms with E-state index in [9.17, 15) is 8.42 Å². The van der Waals surface area contributed by atoms with Crippen molar-refractivity contribution in [3.63, 3.8) is 0 Å². The van der Waals surface area contributed by atoms with Crippen molar-refractivity contribution in [2.45, 2.75) is 18.4 Å². The second kappa shape index (κ2) is 7.73. The Balaban J connectivity index is 1.67. The first kappa shape index (κ1) is 17.5. The number of benzene rings is 1. The molecule has 0 aliphatic rings. The van der Waals surface area contributed by atoms with E-state index < -0.39 is 10.0 Å². The fourth-order valence-electron chi connectivity index (χ4n) is 2.13. The van der Waals surface area contributed by atoms with Crippen LogP contribution >= 0.6 is 11.3 Å². The molecular weight excluding hydrogens is 358 g/mol. The van der Waals surface area contributed by atoms with Gasteiger partial charge in [-0.15, -0.1) is 11.3 Å². The molecule has 1 aromatic carbocycles. The molecule has 0 radical (unpaired) electrons. The molecule has 0 bridgehead atoms. The lowest BCUT2D eigenvalue weighted by Gasteiger charge is -2.07. The third kappa shape index (κ3) is 4.41. The maximum atomic E-state index is 12.4. The Hall–Kier alpha value is -2.29. The summed E-state index contributed by atoms with van der Waals surface area (Å²) in [6, 6.07) is 11.9. The number of hydrogen-bond donors (Lipinski definition) is 1. The Kier molecular flexibility index (Phi) is 5.42. The zero-order valence-corrected chi connectivity index (χ0v) is 15.2. The van der Waals surface area contributed by atoms with Crippen molar-refractivity contribution >= 4 is 21.4 Å². The minimum atomic E-state index is -3.60. The zero-order valence-electron chi connectivity index (χ0n) is 13.5. The molecule has 0 fully saturated rings. The van der Waals surface area contributed by atoms with Gasteiger partial charge in [0.2, 0.25) is 10.0 Å². The average molecular weight is 375 g/mol. The van der Waals surface area contributed by atoms with Crippen LogP contribution in [0.4, 0.5) is 0 Å². The Morgan fingerprint density at radius 3 is 2.64 bits per heavy atom. The maximum Gasteiger partial charge on any atom is 0.240 e. The predicted molar refractivity (Wildman–Crippen MR) is 97.0 cm³/mol. The quantitative estimate of drug-likeness (QED) is 0.686. The Morgan fingerprint density at radius 2 is 1.96 bits per heavy atom. The summed E-state index contributed by atoms with van der Waals surface area (Å²) in [5.41, 5.74) is 1.42. The first-order chi connectivity index (χ1) is 12.1. The maximum absolute atomic E-state index is 12.4. The summed E-state index contributed by atoms with van der Waals surface area (Å²) < 4.78 is 32.6. The Morgan fingerprint density at radius 1 is 1.16 bits per heavy atom. The molecule has 2 heterocycles. The van der Waals surface area contributed by atoms with Gasteiger partial charge in [-0.1, -0.05) is 6.07 Å². The standard InChI is InChI=1S/C17H17N3O3S2/c1-2-23-14-6-8-15(9-7-14)25(21,22)19-11-13-12-24-17(20-13)16-5-3-4-10-18-16/h3-10,12,19H,2,11H2,1H3. The third-order valence-electron chi connectivity index (χ3n) is 3.32. The van der Waals surface area contributed by atoms with Gasteiger partial charge in [0.1, 0.15) is 10.8 Å². The highest BCUT2D eigenvalue weighted by Gasteiger charge is 2.15. The minimum Gasteiger partial charge on any atom is -0.494 e. The molecular formula is C17H17N3O3S2. The molecule has 0 saturated carbocycles. The number of sulfonamides is 1. The molecule has 2 aromatic heterocycles. The lowest BCUT2D eigenvalue weighted by atomic mass is 10.3. The van der Waals surface area contributed by atoms with Gasteiger partial charge in [-0.3, -0.25) is 4.98 Å². The molecule has 0 aliphatic heterocycles. The highest BCUT2D eigenvalue weighted by molar-refractivity contribution is 7.89. The van der Waals surface area contributed by atoms with Crippen LogP contribution in [0.15, 0.2) is 58.9 Å². The van der Waals surface area contributed by atoms with Gasteiger partial charge in [-0.2, -0.15) is 0 Å². The van der Waals surface area contributed by atoms with Gasteiger partial charge in [0.15, 0.2) is 0 Å². The van der Waals surface area contributed by atoms with Crippen LogP contribution in [-0.2, 0) is 16.6 Å². The van der Waals surface area contributed by atoms with Gasteiger partial charge < -0.3 is 4.74 Å². The highest BCUT2D eigenvalue weighted by Crippen LogP contribution is 2.22. The first-order valence-corrected chi connectivity index (χ1v) is 10.0. The summed E-state index contributed by atoms with van der Waals surface area (Å²) in [5.74, 6) is 0.640. The second-order valence-corrected chi connectivity index (χ2v) is 7.71. The van der Waals surface area contributed by atoms with Crippen molar-refractivity contribution in [1.82, 2.24) is 14.7 Å². The van der Waals surface area contributed by atoms with Crippen molar-refractivity contribution in [2.75, 3.05) is 6.61 Å². The fourth-order valence-corrected chi connectivity index (χ4v) is 3.92. The Bertz CT molecular complexity index is 923. The van der Waals surface area contributed by atoms with Gasteiger partial charge >= 0.3 is 0 Å². The van der Waals surface area contributed by atoms with Crippen LogP contribution in [0.1, 0.15) is 12.6 Å². The van der Waals surface area contributed by atoms with E-state index in [1.54, 1.807) is 18.3 Å². The molecule has 0 amide bonds. The van der Waals surface area contributed by atoms with Crippen LogP contribution in [0.3, 0.4) is 0 Å². The summed E-state index contributed by atoms with van der Waals surface area (Å²) in [6.07, 6.45) is 1.70. The van der Waals surface area contributed by atoms with Crippen LogP contribution in [0.5, 0.6) is 5.75 Å². The summed E-state index contributed by atoms with van der Waals surface area (Å²) >= 11 is 1.43. The van der Waals surface area contributed by atoms with Gasteiger partial charge in [-0.25, -0.2) is 18.1 Å². The minimum absolute atomic E-state index is 0.124. The topological polar surface area (TPSA) is 81.2 Å². The van der Waals surface area contributed by atoms with Gasteiger partial charge in [-0.05, 0) is 43.3 Å². The highest BCUT2D eigenvalue weighted by atomic mass is 32.2. The molecule has 0 saturated heterocycles. The number of nitrogens with one attached hydrogen (secondary N) is 1. The van der Waals surface area contributed by atoms with Crippen molar-refractivity contribution in [3.05, 3.63) is 59.7 Å². The summed E-state index contributed by atoms with van der Waals surface area (Å²) in [5, 5.41) is 2.58. The van der Waals surface area contributed by atoms with Gasteiger partial charge in [0, 0.05) is 11.6 Å². The first-order valence-electron chi connectivity index (χ1n) is 7.67. The van der Waals surface area contributed by atoms with Crippen LogP contribution in [0.25, 0.3) is 10.7 Å². The van der Waals surface area contributed by atoms with Crippen molar-refractivity contribution in [1.29, 1.82) is 0 Å². The van der Waals surface area contributed by atoms with Crippen molar-refractivity contribution in [3.8, 4) is 16.5 Å². The van der Waals surface area contributed by atoms with Gasteiger partial charge in [0.05, 0.1) is 29.4 Å². The molecule has 0 atom stereocenters. The third-order valence-corrected chi connectivity index (χ3v) is 5.65. The predicted octanol–water partition coefficient (Wildman–Crippen LogP) is 3.08. The Labute approximate surface area is 150 Å². The summed E-state index contributed by atoms with van der Waals surface area (Å²) in [4.78, 5) is 8.86. The van der Waals surface area contributed by atoms with Crippen LogP contribution in [0, 0.1) is 0 Å². The van der Waals surface area contributed by atoms with Crippen LogP contribution in [0.2, 0.25) is 0 Å². The molecule has 0 spiro atoms. The number of nitrogens with zero attached hydrogens (tertiary/aromatic N) is 2. The second-order valence-electron chi connectivity index (χ2n) is 5.09. The molecule has 25 heavy (non-hydrogen) atoms. The molecule has 8 heteroatoms. The normalized spacial score (nSPS) is 11.4. The number of aromatic nitrogens is 2. The lowest BCUT2D eigenvalue weighted by molar-refractivity contribution is 0.340. The van der Waals surface area contributed by atoms with Crippen LogP contribution < -0.4 is 9.46 Å². The number of pyridine rings is 1. The molecule has 3 rings (SSSR count). The van der Waals surface area contributed by atoms with Gasteiger partial charge in [0.25, 0.3) is 0 Å². The summed E-state index contributed by atoms with van der Waals surface area (Å²) in [6.45, 7) is 2.53. The van der Waals surface area contributed by atoms with E-state index in [1.807, 2.05) is 30.5 Å². The van der Waals surface area contributed by atoms with E-state index in [0.717, 1.165) is 10.7 Å². The number of rotatable bonds is 7. The number of ether oxygens (including phenoxy) is 1. The van der Waals surface area contributed by atoms with E-state index in [-0.39, 0.29) is 11.4 Å². The number of thiazole rings is 1. The van der Waals surface area contributed by atoms with Crippen molar-refractivity contribution in [2.24, 2.45) is 0 Å². The summed E-state index contributed by atoms with van der Waals surface area (Å²) in [7, 11) is -3.60. The fraction of sp³-hybridized carbons (Fsp3) is 0.176. The molecule has 6 nitrogen and oxygen atoms in total. The molecule has 130 valence electrons. The SMILES string of the molecule is CCOc1ccc(S(=O)(=O)NCc2csc(-c3ccccn3)n2)cc1. The van der Waals surface area contributed by atoms with Crippen molar-refractivity contribution < 1.29 is 13.2 Å². The molecule has 0 aliphatic carbocycles. The molecule has 3 aromatic rings. The molecule has 0 unspecified atom stereocenters. The largest absolute Gasteiger partial charge is 0.494 e. The lowest BCUT2D eigenvalue weighted by Crippen LogP contribution is -2.23. The van der Waals surface area contributed by atoms with Crippen LogP contribution in [-0.4, -0.2) is 25.0 Å². The van der Waals surface area contributed by atoms with E-state index in [4.69, 9.17) is 4.74 Å². The zero-order chi connectivity index (χ0) is 17.7.